The molecule has 0 unspecified atom stereocenters. The summed E-state index contributed by atoms with van der Waals surface area (Å²) in [5.41, 5.74) is 0.213. The van der Waals surface area contributed by atoms with Crippen LogP contribution in [0.1, 0.15) is 29.6 Å². The molecule has 1 saturated carbocycles. The van der Waals surface area contributed by atoms with Gasteiger partial charge in [0.1, 0.15) is 5.75 Å². The van der Waals surface area contributed by atoms with Gasteiger partial charge in [-0.25, -0.2) is 0 Å². The van der Waals surface area contributed by atoms with E-state index in [-0.39, 0.29) is 36.2 Å². The Kier molecular flexibility index (Phi) is 4.72. The van der Waals surface area contributed by atoms with E-state index in [4.69, 9.17) is 5.11 Å². The lowest BCUT2D eigenvalue weighted by atomic mass is 10.1. The van der Waals surface area contributed by atoms with E-state index in [1.165, 1.54) is 29.2 Å². The summed E-state index contributed by atoms with van der Waals surface area (Å²) in [5, 5.41) is 8.72. The van der Waals surface area contributed by atoms with Crippen molar-refractivity contribution >= 4 is 11.9 Å². The molecule has 1 aliphatic carbocycles. The molecule has 21 heavy (non-hydrogen) atoms. The zero-order valence-electron chi connectivity index (χ0n) is 11.2. The van der Waals surface area contributed by atoms with Crippen molar-refractivity contribution in [3.63, 3.8) is 0 Å². The van der Waals surface area contributed by atoms with Crippen LogP contribution < -0.4 is 4.74 Å². The lowest BCUT2D eigenvalue weighted by Crippen LogP contribution is -2.35. The average Bonchev–Trinajstić information content (AvgIpc) is 3.22. The first-order chi connectivity index (χ1) is 9.97. The highest BCUT2D eigenvalue weighted by atomic mass is 19.3. The first-order valence-electron chi connectivity index (χ1n) is 6.55. The number of nitrogens with zero attached hydrogens (tertiary/aromatic N) is 1. The summed E-state index contributed by atoms with van der Waals surface area (Å²) in [6, 6.07) is 5.56. The minimum Gasteiger partial charge on any atom is -0.481 e. The Morgan fingerprint density at radius 2 is 2.10 bits per heavy atom. The fourth-order valence-corrected chi connectivity index (χ4v) is 2.02. The molecule has 1 aromatic rings. The zero-order chi connectivity index (χ0) is 15.4. The molecule has 0 aliphatic heterocycles. The Hall–Kier alpha value is -2.18. The number of ether oxygens (including phenoxy) is 1. The lowest BCUT2D eigenvalue weighted by Gasteiger charge is -2.22. The molecule has 1 fully saturated rings. The van der Waals surface area contributed by atoms with E-state index in [9.17, 15) is 18.4 Å². The number of aliphatic carboxylic acids is 1. The molecule has 1 amide bonds. The van der Waals surface area contributed by atoms with Gasteiger partial charge >= 0.3 is 12.6 Å². The van der Waals surface area contributed by atoms with Crippen molar-refractivity contribution in [1.29, 1.82) is 0 Å². The minimum atomic E-state index is -2.96. The highest BCUT2D eigenvalue weighted by molar-refractivity contribution is 5.95. The number of carboxylic acids is 1. The third-order valence-electron chi connectivity index (χ3n) is 3.12. The topological polar surface area (TPSA) is 66.8 Å². The maximum Gasteiger partial charge on any atom is 0.387 e. The molecule has 7 heteroatoms. The molecule has 0 saturated heterocycles. The summed E-state index contributed by atoms with van der Waals surface area (Å²) in [5.74, 6) is -1.44. The van der Waals surface area contributed by atoms with E-state index in [0.717, 1.165) is 12.8 Å². The van der Waals surface area contributed by atoms with Gasteiger partial charge in [0.25, 0.3) is 5.91 Å². The maximum atomic E-state index is 12.4. The average molecular weight is 299 g/mol. The van der Waals surface area contributed by atoms with Gasteiger partial charge < -0.3 is 14.7 Å². The molecule has 1 aliphatic rings. The molecule has 0 radical (unpaired) electrons. The van der Waals surface area contributed by atoms with Gasteiger partial charge in [-0.3, -0.25) is 9.59 Å². The standard InChI is InChI=1S/C14H15F2NO4/c15-14(16)21-11-3-1-2-9(8-11)13(20)17(10-4-5-10)7-6-12(18)19/h1-3,8,10,14H,4-7H2,(H,18,19). The van der Waals surface area contributed by atoms with E-state index >= 15 is 0 Å². The Bertz CT molecular complexity index is 531. The SMILES string of the molecule is O=C(O)CCN(C(=O)c1cccc(OC(F)F)c1)C1CC1. The number of halogens is 2. The van der Waals surface area contributed by atoms with E-state index < -0.39 is 12.6 Å². The van der Waals surface area contributed by atoms with Crippen molar-refractivity contribution in [3.8, 4) is 5.75 Å². The number of alkyl halides is 2. The molecule has 5 nitrogen and oxygen atoms in total. The Morgan fingerprint density at radius 3 is 2.67 bits per heavy atom. The molecular weight excluding hydrogens is 284 g/mol. The first kappa shape index (κ1) is 15.2. The molecule has 1 aromatic carbocycles. The number of hydrogen-bond donors (Lipinski definition) is 1. The van der Waals surface area contributed by atoms with E-state index in [2.05, 4.69) is 4.74 Å². The third-order valence-corrected chi connectivity index (χ3v) is 3.12. The molecule has 0 heterocycles. The van der Waals surface area contributed by atoms with Gasteiger partial charge in [0.05, 0.1) is 6.42 Å². The van der Waals surface area contributed by atoms with Crippen molar-refractivity contribution in [2.45, 2.75) is 31.9 Å². The number of carbonyl (C=O) groups is 2. The van der Waals surface area contributed by atoms with Crippen molar-refractivity contribution in [2.75, 3.05) is 6.54 Å². The molecule has 0 spiro atoms. The van der Waals surface area contributed by atoms with E-state index in [1.54, 1.807) is 0 Å². The summed E-state index contributed by atoms with van der Waals surface area (Å²) in [4.78, 5) is 24.5. The van der Waals surface area contributed by atoms with Crippen LogP contribution in [0, 0.1) is 0 Å². The Morgan fingerprint density at radius 1 is 1.38 bits per heavy atom. The highest BCUT2D eigenvalue weighted by Crippen LogP contribution is 2.29. The number of carbonyl (C=O) groups excluding carboxylic acids is 1. The van der Waals surface area contributed by atoms with Crippen LogP contribution in [0.15, 0.2) is 24.3 Å². The van der Waals surface area contributed by atoms with Gasteiger partial charge in [-0.15, -0.1) is 0 Å². The Labute approximate surface area is 120 Å². The molecule has 0 bridgehead atoms. The maximum absolute atomic E-state index is 12.4. The van der Waals surface area contributed by atoms with Gasteiger partial charge in [-0.05, 0) is 31.0 Å². The van der Waals surface area contributed by atoms with Gasteiger partial charge in [-0.2, -0.15) is 8.78 Å². The summed E-state index contributed by atoms with van der Waals surface area (Å²) in [6.45, 7) is -2.85. The summed E-state index contributed by atoms with van der Waals surface area (Å²) >= 11 is 0. The largest absolute Gasteiger partial charge is 0.481 e. The fourth-order valence-electron chi connectivity index (χ4n) is 2.02. The van der Waals surface area contributed by atoms with Gasteiger partial charge in [0, 0.05) is 18.2 Å². The second kappa shape index (κ2) is 6.51. The Balaban J connectivity index is 2.10. The summed E-state index contributed by atoms with van der Waals surface area (Å²) in [7, 11) is 0. The molecule has 0 atom stereocenters. The van der Waals surface area contributed by atoms with Gasteiger partial charge in [0.2, 0.25) is 0 Å². The van der Waals surface area contributed by atoms with E-state index in [1.807, 2.05) is 0 Å². The van der Waals surface area contributed by atoms with Crippen LogP contribution in [-0.4, -0.2) is 41.1 Å². The minimum absolute atomic E-state index is 0.0384. The monoisotopic (exact) mass is 299 g/mol. The summed E-state index contributed by atoms with van der Waals surface area (Å²) in [6.07, 6.45) is 1.52. The number of benzene rings is 1. The lowest BCUT2D eigenvalue weighted by molar-refractivity contribution is -0.137. The number of hydrogen-bond acceptors (Lipinski definition) is 3. The summed E-state index contributed by atoms with van der Waals surface area (Å²) < 4.78 is 28.6. The normalized spacial score (nSPS) is 14.0. The molecule has 2 rings (SSSR count). The van der Waals surface area contributed by atoms with Crippen LogP contribution >= 0.6 is 0 Å². The van der Waals surface area contributed by atoms with Gasteiger partial charge in [0.15, 0.2) is 0 Å². The number of rotatable bonds is 7. The van der Waals surface area contributed by atoms with Crippen LogP contribution in [0.5, 0.6) is 5.75 Å². The van der Waals surface area contributed by atoms with Crippen LogP contribution in [0.4, 0.5) is 8.78 Å². The first-order valence-corrected chi connectivity index (χ1v) is 6.55. The van der Waals surface area contributed by atoms with Crippen molar-refractivity contribution < 1.29 is 28.2 Å². The van der Waals surface area contributed by atoms with Crippen LogP contribution in [0.3, 0.4) is 0 Å². The predicted molar refractivity (Wildman–Crippen MR) is 69.4 cm³/mol. The zero-order valence-corrected chi connectivity index (χ0v) is 11.2. The van der Waals surface area contributed by atoms with Crippen LogP contribution in [0.2, 0.25) is 0 Å². The number of carboxylic acid groups (broad SMARTS) is 1. The second-order valence-electron chi connectivity index (χ2n) is 4.78. The van der Waals surface area contributed by atoms with Crippen molar-refractivity contribution in [3.05, 3.63) is 29.8 Å². The van der Waals surface area contributed by atoms with Crippen molar-refractivity contribution in [1.82, 2.24) is 4.90 Å². The molecule has 114 valence electrons. The van der Waals surface area contributed by atoms with Crippen LogP contribution in [0.25, 0.3) is 0 Å². The fraction of sp³-hybridized carbons (Fsp3) is 0.429. The molecule has 0 aromatic heterocycles. The smallest absolute Gasteiger partial charge is 0.387 e. The molecular formula is C14H15F2NO4. The second-order valence-corrected chi connectivity index (χ2v) is 4.78. The predicted octanol–water partition coefficient (Wildman–Crippen LogP) is 2.37. The molecule has 1 N–H and O–H groups in total. The van der Waals surface area contributed by atoms with Gasteiger partial charge in [-0.1, -0.05) is 6.07 Å². The number of amides is 1. The van der Waals surface area contributed by atoms with Crippen LogP contribution in [-0.2, 0) is 4.79 Å². The van der Waals surface area contributed by atoms with E-state index in [0.29, 0.717) is 0 Å². The quantitative estimate of drug-likeness (QED) is 0.839. The van der Waals surface area contributed by atoms with Crippen molar-refractivity contribution in [2.24, 2.45) is 0 Å². The third kappa shape index (κ3) is 4.40. The highest BCUT2D eigenvalue weighted by Gasteiger charge is 2.33.